The Bertz CT molecular complexity index is 692. The van der Waals surface area contributed by atoms with Crippen LogP contribution >= 0.6 is 11.6 Å². The maximum Gasteiger partial charge on any atom is 0.221 e. The number of nitrogens with one attached hydrogen (secondary N) is 1. The molecular formula is C19H22ClFN2O2. The van der Waals surface area contributed by atoms with Gasteiger partial charge in [0.15, 0.2) is 11.6 Å². The van der Waals surface area contributed by atoms with Crippen molar-refractivity contribution in [2.24, 2.45) is 5.73 Å². The molecule has 134 valence electrons. The summed E-state index contributed by atoms with van der Waals surface area (Å²) in [5, 5.41) is 4.00. The number of hydrogen-bond donors (Lipinski definition) is 2. The van der Waals surface area contributed by atoms with Crippen LogP contribution in [0.5, 0.6) is 5.75 Å². The van der Waals surface area contributed by atoms with Crippen LogP contribution in [0.15, 0.2) is 42.5 Å². The van der Waals surface area contributed by atoms with E-state index in [4.69, 9.17) is 22.1 Å². The minimum Gasteiger partial charge on any atom is -0.489 e. The Morgan fingerprint density at radius 1 is 1.12 bits per heavy atom. The first-order valence-electron chi connectivity index (χ1n) is 8.19. The second kappa shape index (κ2) is 10.0. The molecule has 2 aromatic rings. The summed E-state index contributed by atoms with van der Waals surface area (Å²) in [6.45, 7) is 1.85. The second-order valence-corrected chi connectivity index (χ2v) is 6.17. The average molecular weight is 365 g/mol. The van der Waals surface area contributed by atoms with Gasteiger partial charge in [-0.25, -0.2) is 4.39 Å². The van der Waals surface area contributed by atoms with Gasteiger partial charge < -0.3 is 15.8 Å². The van der Waals surface area contributed by atoms with Crippen LogP contribution in [-0.2, 0) is 17.6 Å². The lowest BCUT2D eigenvalue weighted by atomic mass is 10.1. The molecule has 0 aliphatic carbocycles. The van der Waals surface area contributed by atoms with E-state index >= 15 is 0 Å². The second-order valence-electron chi connectivity index (χ2n) is 5.74. The Morgan fingerprint density at radius 3 is 2.52 bits per heavy atom. The third-order valence-corrected chi connectivity index (χ3v) is 3.90. The Balaban J connectivity index is 1.61. The molecule has 0 bridgehead atoms. The molecule has 0 aromatic heterocycles. The normalized spacial score (nSPS) is 10.6. The summed E-state index contributed by atoms with van der Waals surface area (Å²) in [5.74, 6) is -0.798. The van der Waals surface area contributed by atoms with Crippen molar-refractivity contribution in [2.75, 3.05) is 19.7 Å². The Morgan fingerprint density at radius 2 is 1.84 bits per heavy atom. The van der Waals surface area contributed by atoms with Crippen molar-refractivity contribution in [1.29, 1.82) is 0 Å². The number of primary amides is 1. The predicted molar refractivity (Wildman–Crippen MR) is 97.4 cm³/mol. The Labute approximate surface area is 152 Å². The highest BCUT2D eigenvalue weighted by Gasteiger charge is 2.06. The van der Waals surface area contributed by atoms with Gasteiger partial charge in [-0.05, 0) is 54.8 Å². The van der Waals surface area contributed by atoms with E-state index in [1.807, 2.05) is 24.3 Å². The fourth-order valence-electron chi connectivity index (χ4n) is 2.40. The van der Waals surface area contributed by atoms with Gasteiger partial charge in [-0.1, -0.05) is 29.8 Å². The highest BCUT2D eigenvalue weighted by molar-refractivity contribution is 6.30. The SMILES string of the molecule is NC(=O)Cc1ccc(OCCNCCCc2ccc(Cl)cc2)c(F)c1. The van der Waals surface area contributed by atoms with Crippen molar-refractivity contribution < 1.29 is 13.9 Å². The molecule has 0 saturated carbocycles. The molecule has 6 heteroatoms. The molecule has 2 aromatic carbocycles. The topological polar surface area (TPSA) is 64.4 Å². The van der Waals surface area contributed by atoms with Gasteiger partial charge in [-0.2, -0.15) is 0 Å². The number of halogens is 2. The van der Waals surface area contributed by atoms with Crippen molar-refractivity contribution in [1.82, 2.24) is 5.32 Å². The average Bonchev–Trinajstić information content (AvgIpc) is 2.57. The first kappa shape index (κ1) is 19.2. The molecule has 4 nitrogen and oxygen atoms in total. The zero-order chi connectivity index (χ0) is 18.1. The number of rotatable bonds is 10. The van der Waals surface area contributed by atoms with E-state index in [0.717, 1.165) is 24.4 Å². The third-order valence-electron chi connectivity index (χ3n) is 3.64. The molecular weight excluding hydrogens is 343 g/mol. The van der Waals surface area contributed by atoms with Gasteiger partial charge in [-0.3, -0.25) is 4.79 Å². The first-order chi connectivity index (χ1) is 12.0. The van der Waals surface area contributed by atoms with E-state index in [2.05, 4.69) is 5.32 Å². The quantitative estimate of drug-likeness (QED) is 0.637. The van der Waals surface area contributed by atoms with E-state index < -0.39 is 11.7 Å². The lowest BCUT2D eigenvalue weighted by Crippen LogP contribution is -2.22. The van der Waals surface area contributed by atoms with Crippen LogP contribution in [0.3, 0.4) is 0 Å². The van der Waals surface area contributed by atoms with E-state index in [0.29, 0.717) is 18.7 Å². The molecule has 1 amide bonds. The maximum absolute atomic E-state index is 13.8. The number of ether oxygens (including phenoxy) is 1. The van der Waals surface area contributed by atoms with Crippen LogP contribution in [0.2, 0.25) is 5.02 Å². The maximum atomic E-state index is 13.8. The van der Waals surface area contributed by atoms with Crippen molar-refractivity contribution >= 4 is 17.5 Å². The minimum absolute atomic E-state index is 0.0202. The number of amides is 1. The molecule has 0 saturated heterocycles. The lowest BCUT2D eigenvalue weighted by molar-refractivity contribution is -0.117. The van der Waals surface area contributed by atoms with E-state index in [-0.39, 0.29) is 12.2 Å². The number of benzene rings is 2. The molecule has 3 N–H and O–H groups in total. The Kier molecular flexibility index (Phi) is 7.70. The molecule has 25 heavy (non-hydrogen) atoms. The predicted octanol–water partition coefficient (Wildman–Crippen LogP) is 3.11. The fraction of sp³-hybridized carbons (Fsp3) is 0.316. The number of hydrogen-bond acceptors (Lipinski definition) is 3. The van der Waals surface area contributed by atoms with Gasteiger partial charge in [0.1, 0.15) is 6.61 Å². The van der Waals surface area contributed by atoms with Gasteiger partial charge in [0, 0.05) is 11.6 Å². The third kappa shape index (κ3) is 7.11. The number of aryl methyl sites for hydroxylation is 1. The van der Waals surface area contributed by atoms with Gasteiger partial charge in [0.2, 0.25) is 5.91 Å². The summed E-state index contributed by atoms with van der Waals surface area (Å²) in [4.78, 5) is 10.8. The Hall–Kier alpha value is -2.11. The monoisotopic (exact) mass is 364 g/mol. The summed E-state index contributed by atoms with van der Waals surface area (Å²) in [5.41, 5.74) is 6.88. The largest absolute Gasteiger partial charge is 0.489 e. The first-order valence-corrected chi connectivity index (χ1v) is 8.57. The summed E-state index contributed by atoms with van der Waals surface area (Å²) < 4.78 is 19.2. The van der Waals surface area contributed by atoms with Crippen LogP contribution < -0.4 is 15.8 Å². The summed E-state index contributed by atoms with van der Waals surface area (Å²) in [6, 6.07) is 12.3. The highest BCUT2D eigenvalue weighted by Crippen LogP contribution is 2.18. The van der Waals surface area contributed by atoms with Crippen molar-refractivity contribution in [3.8, 4) is 5.75 Å². The molecule has 0 unspecified atom stereocenters. The van der Waals surface area contributed by atoms with E-state index in [9.17, 15) is 9.18 Å². The molecule has 0 aliphatic heterocycles. The van der Waals surface area contributed by atoms with Crippen molar-refractivity contribution in [3.05, 3.63) is 64.4 Å². The summed E-state index contributed by atoms with van der Waals surface area (Å²) in [6.07, 6.45) is 1.99. The van der Waals surface area contributed by atoms with Gasteiger partial charge in [0.05, 0.1) is 6.42 Å². The number of carbonyl (C=O) groups is 1. The summed E-state index contributed by atoms with van der Waals surface area (Å²) >= 11 is 5.85. The fourth-order valence-corrected chi connectivity index (χ4v) is 2.53. The van der Waals surface area contributed by atoms with Crippen molar-refractivity contribution in [2.45, 2.75) is 19.3 Å². The van der Waals surface area contributed by atoms with Crippen LogP contribution in [0.1, 0.15) is 17.5 Å². The summed E-state index contributed by atoms with van der Waals surface area (Å²) in [7, 11) is 0. The van der Waals surface area contributed by atoms with Crippen molar-refractivity contribution in [3.63, 3.8) is 0 Å². The molecule has 0 atom stereocenters. The molecule has 2 rings (SSSR count). The van der Waals surface area contributed by atoms with E-state index in [1.165, 1.54) is 17.7 Å². The van der Waals surface area contributed by atoms with Crippen LogP contribution in [0, 0.1) is 5.82 Å². The molecule has 0 fully saturated rings. The zero-order valence-corrected chi connectivity index (χ0v) is 14.7. The molecule has 0 spiro atoms. The van der Waals surface area contributed by atoms with Crippen LogP contribution in [0.25, 0.3) is 0 Å². The highest BCUT2D eigenvalue weighted by atomic mass is 35.5. The van der Waals surface area contributed by atoms with Gasteiger partial charge in [-0.15, -0.1) is 0 Å². The number of nitrogens with two attached hydrogens (primary N) is 1. The van der Waals surface area contributed by atoms with Gasteiger partial charge in [0.25, 0.3) is 0 Å². The molecule has 0 aliphatic rings. The standard InChI is InChI=1S/C19H22ClFN2O2/c20-16-6-3-14(4-7-16)2-1-9-23-10-11-25-18-8-5-15(12-17(18)21)13-19(22)24/h3-8,12,23H,1-2,9-11,13H2,(H2,22,24). The lowest BCUT2D eigenvalue weighted by Gasteiger charge is -2.09. The smallest absolute Gasteiger partial charge is 0.221 e. The molecule has 0 heterocycles. The van der Waals surface area contributed by atoms with Crippen LogP contribution in [0.4, 0.5) is 4.39 Å². The minimum atomic E-state index is -0.490. The molecule has 0 radical (unpaired) electrons. The van der Waals surface area contributed by atoms with E-state index in [1.54, 1.807) is 6.07 Å². The van der Waals surface area contributed by atoms with Gasteiger partial charge >= 0.3 is 0 Å². The van der Waals surface area contributed by atoms with Crippen LogP contribution in [-0.4, -0.2) is 25.6 Å². The number of carbonyl (C=O) groups excluding carboxylic acids is 1. The zero-order valence-electron chi connectivity index (χ0n) is 13.9.